The average molecular weight is 249 g/mol. The van der Waals surface area contributed by atoms with Gasteiger partial charge in [0.2, 0.25) is 0 Å². The smallest absolute Gasteiger partial charge is 0.0804 e. The molecular formula is C16H27NO. The standard InChI is InChI=1S/C16H27NO/c1-13-8-6-7-9-14(13)15(18)10-11-17(5)12-16(2,3)4/h6-9,15,18H,10-12H2,1-5H3. The largest absolute Gasteiger partial charge is 0.388 e. The maximum absolute atomic E-state index is 10.2. The van der Waals surface area contributed by atoms with E-state index in [1.165, 1.54) is 5.56 Å². The zero-order chi connectivity index (χ0) is 13.8. The quantitative estimate of drug-likeness (QED) is 0.864. The van der Waals surface area contributed by atoms with Crippen molar-refractivity contribution in [3.05, 3.63) is 35.4 Å². The number of aliphatic hydroxyl groups is 1. The molecule has 0 aliphatic heterocycles. The topological polar surface area (TPSA) is 23.5 Å². The van der Waals surface area contributed by atoms with Gasteiger partial charge in [-0.15, -0.1) is 0 Å². The van der Waals surface area contributed by atoms with Crippen LogP contribution in [0, 0.1) is 12.3 Å². The van der Waals surface area contributed by atoms with Crippen LogP contribution in [0.25, 0.3) is 0 Å². The molecule has 0 heterocycles. The summed E-state index contributed by atoms with van der Waals surface area (Å²) >= 11 is 0. The van der Waals surface area contributed by atoms with E-state index in [9.17, 15) is 5.11 Å². The molecule has 1 aromatic carbocycles. The Morgan fingerprint density at radius 2 is 1.83 bits per heavy atom. The monoisotopic (exact) mass is 249 g/mol. The van der Waals surface area contributed by atoms with Crippen molar-refractivity contribution in [3.63, 3.8) is 0 Å². The summed E-state index contributed by atoms with van der Waals surface area (Å²) in [4.78, 5) is 2.29. The van der Waals surface area contributed by atoms with Crippen LogP contribution >= 0.6 is 0 Å². The lowest BCUT2D eigenvalue weighted by molar-refractivity contribution is 0.137. The highest BCUT2D eigenvalue weighted by molar-refractivity contribution is 5.27. The van der Waals surface area contributed by atoms with Gasteiger partial charge in [0, 0.05) is 13.1 Å². The highest BCUT2D eigenvalue weighted by Crippen LogP contribution is 2.21. The van der Waals surface area contributed by atoms with E-state index in [0.717, 1.165) is 25.1 Å². The van der Waals surface area contributed by atoms with Gasteiger partial charge in [0.25, 0.3) is 0 Å². The fourth-order valence-corrected chi connectivity index (χ4v) is 2.35. The maximum Gasteiger partial charge on any atom is 0.0804 e. The van der Waals surface area contributed by atoms with Crippen LogP contribution < -0.4 is 0 Å². The van der Waals surface area contributed by atoms with Crippen LogP contribution in [0.1, 0.15) is 44.4 Å². The van der Waals surface area contributed by atoms with Gasteiger partial charge >= 0.3 is 0 Å². The van der Waals surface area contributed by atoms with Crippen molar-refractivity contribution in [1.29, 1.82) is 0 Å². The molecule has 2 nitrogen and oxygen atoms in total. The molecule has 1 rings (SSSR count). The Hall–Kier alpha value is -0.860. The van der Waals surface area contributed by atoms with E-state index in [4.69, 9.17) is 0 Å². The minimum atomic E-state index is -0.353. The number of hydrogen-bond donors (Lipinski definition) is 1. The van der Waals surface area contributed by atoms with Crippen LogP contribution in [0.5, 0.6) is 0 Å². The molecule has 0 spiro atoms. The first-order valence-electron chi connectivity index (χ1n) is 6.72. The second-order valence-electron chi connectivity index (χ2n) is 6.46. The van der Waals surface area contributed by atoms with Gasteiger partial charge in [-0.25, -0.2) is 0 Å². The van der Waals surface area contributed by atoms with Crippen molar-refractivity contribution in [2.75, 3.05) is 20.1 Å². The zero-order valence-corrected chi connectivity index (χ0v) is 12.4. The van der Waals surface area contributed by atoms with E-state index in [2.05, 4.69) is 45.7 Å². The van der Waals surface area contributed by atoms with Crippen molar-refractivity contribution >= 4 is 0 Å². The second-order valence-corrected chi connectivity index (χ2v) is 6.46. The Morgan fingerprint density at radius 3 is 2.39 bits per heavy atom. The minimum Gasteiger partial charge on any atom is -0.388 e. The molecule has 0 aromatic heterocycles. The van der Waals surface area contributed by atoms with E-state index in [-0.39, 0.29) is 6.10 Å². The van der Waals surface area contributed by atoms with Gasteiger partial charge in [-0.2, -0.15) is 0 Å². The molecule has 1 unspecified atom stereocenters. The predicted octanol–water partition coefficient (Wildman–Crippen LogP) is 3.40. The number of aliphatic hydroxyl groups excluding tert-OH is 1. The molecule has 0 bridgehead atoms. The third kappa shape index (κ3) is 5.19. The number of hydrogen-bond acceptors (Lipinski definition) is 2. The van der Waals surface area contributed by atoms with Gasteiger partial charge < -0.3 is 10.0 Å². The minimum absolute atomic E-state index is 0.308. The van der Waals surface area contributed by atoms with Crippen LogP contribution in [0.4, 0.5) is 0 Å². The highest BCUT2D eigenvalue weighted by Gasteiger charge is 2.15. The highest BCUT2D eigenvalue weighted by atomic mass is 16.3. The van der Waals surface area contributed by atoms with Gasteiger partial charge in [-0.1, -0.05) is 45.0 Å². The molecule has 0 saturated carbocycles. The molecule has 2 heteroatoms. The Labute approximate surface area is 112 Å². The number of nitrogens with zero attached hydrogens (tertiary/aromatic N) is 1. The lowest BCUT2D eigenvalue weighted by atomic mass is 9.96. The van der Waals surface area contributed by atoms with Gasteiger partial charge in [0.05, 0.1) is 6.10 Å². The Kier molecular flexibility index (Phi) is 5.36. The molecule has 0 aliphatic rings. The van der Waals surface area contributed by atoms with Crippen LogP contribution in [-0.2, 0) is 0 Å². The van der Waals surface area contributed by atoms with E-state index in [1.807, 2.05) is 18.2 Å². The van der Waals surface area contributed by atoms with Gasteiger partial charge in [0.15, 0.2) is 0 Å². The third-order valence-corrected chi connectivity index (χ3v) is 3.08. The molecule has 0 fully saturated rings. The normalized spacial score (nSPS) is 13.9. The summed E-state index contributed by atoms with van der Waals surface area (Å²) < 4.78 is 0. The van der Waals surface area contributed by atoms with Crippen molar-refractivity contribution < 1.29 is 5.11 Å². The lowest BCUT2D eigenvalue weighted by Crippen LogP contribution is -2.30. The van der Waals surface area contributed by atoms with Crippen molar-refractivity contribution in [1.82, 2.24) is 4.90 Å². The van der Waals surface area contributed by atoms with Crippen LogP contribution in [0.3, 0.4) is 0 Å². The average Bonchev–Trinajstić information content (AvgIpc) is 2.24. The summed E-state index contributed by atoms with van der Waals surface area (Å²) in [6.07, 6.45) is 0.436. The lowest BCUT2D eigenvalue weighted by Gasteiger charge is -2.27. The predicted molar refractivity (Wildman–Crippen MR) is 77.7 cm³/mol. The molecule has 0 saturated heterocycles. The summed E-state index contributed by atoms with van der Waals surface area (Å²) in [5.74, 6) is 0. The summed E-state index contributed by atoms with van der Waals surface area (Å²) in [7, 11) is 2.12. The van der Waals surface area contributed by atoms with E-state index in [0.29, 0.717) is 5.41 Å². The first-order valence-corrected chi connectivity index (χ1v) is 6.72. The van der Waals surface area contributed by atoms with Gasteiger partial charge in [-0.05, 0) is 36.9 Å². The molecule has 1 aromatic rings. The fourth-order valence-electron chi connectivity index (χ4n) is 2.35. The van der Waals surface area contributed by atoms with Gasteiger partial charge in [0.1, 0.15) is 0 Å². The number of aryl methyl sites for hydroxylation is 1. The van der Waals surface area contributed by atoms with Crippen molar-refractivity contribution in [2.24, 2.45) is 5.41 Å². The molecule has 18 heavy (non-hydrogen) atoms. The molecule has 1 atom stereocenters. The molecule has 1 N–H and O–H groups in total. The number of rotatable bonds is 5. The number of benzene rings is 1. The van der Waals surface area contributed by atoms with E-state index >= 15 is 0 Å². The molecule has 0 radical (unpaired) electrons. The summed E-state index contributed by atoms with van der Waals surface area (Å²) in [6, 6.07) is 8.07. The third-order valence-electron chi connectivity index (χ3n) is 3.08. The Morgan fingerprint density at radius 1 is 1.22 bits per heavy atom. The molecule has 0 aliphatic carbocycles. The van der Waals surface area contributed by atoms with Crippen molar-refractivity contribution in [3.8, 4) is 0 Å². The SMILES string of the molecule is Cc1ccccc1C(O)CCN(C)CC(C)(C)C. The van der Waals surface area contributed by atoms with E-state index in [1.54, 1.807) is 0 Å². The zero-order valence-electron chi connectivity index (χ0n) is 12.4. The van der Waals surface area contributed by atoms with E-state index < -0.39 is 0 Å². The van der Waals surface area contributed by atoms with Crippen LogP contribution in [-0.4, -0.2) is 30.1 Å². The second kappa shape index (κ2) is 6.35. The maximum atomic E-state index is 10.2. The Bertz CT molecular complexity index is 368. The van der Waals surface area contributed by atoms with Crippen LogP contribution in [0.2, 0.25) is 0 Å². The van der Waals surface area contributed by atoms with Crippen LogP contribution in [0.15, 0.2) is 24.3 Å². The summed E-state index contributed by atoms with van der Waals surface area (Å²) in [6.45, 7) is 10.7. The van der Waals surface area contributed by atoms with Crippen molar-refractivity contribution in [2.45, 2.75) is 40.2 Å². The molecule has 0 amide bonds. The fraction of sp³-hybridized carbons (Fsp3) is 0.625. The first kappa shape index (κ1) is 15.2. The van der Waals surface area contributed by atoms with Gasteiger partial charge in [-0.3, -0.25) is 0 Å². The molecular weight excluding hydrogens is 222 g/mol. The summed E-state index contributed by atoms with van der Waals surface area (Å²) in [5, 5.41) is 10.2. The first-order chi connectivity index (χ1) is 8.29. The molecule has 102 valence electrons. The summed E-state index contributed by atoms with van der Waals surface area (Å²) in [5.41, 5.74) is 2.53. The Balaban J connectivity index is 2.47.